The Balaban J connectivity index is 1.51. The van der Waals surface area contributed by atoms with Crippen molar-refractivity contribution in [2.45, 2.75) is 32.2 Å². The fourth-order valence-corrected chi connectivity index (χ4v) is 4.16. The molecule has 2 aliphatic rings. The van der Waals surface area contributed by atoms with Gasteiger partial charge in [0, 0.05) is 49.5 Å². The van der Waals surface area contributed by atoms with Gasteiger partial charge >= 0.3 is 0 Å². The van der Waals surface area contributed by atoms with Crippen molar-refractivity contribution >= 4 is 5.91 Å². The first-order valence-corrected chi connectivity index (χ1v) is 10.3. The first kappa shape index (κ1) is 19.1. The van der Waals surface area contributed by atoms with Crippen molar-refractivity contribution in [1.82, 2.24) is 14.8 Å². The minimum absolute atomic E-state index is 0.145. The van der Waals surface area contributed by atoms with Gasteiger partial charge in [-0.05, 0) is 49.9 Å². The Bertz CT molecular complexity index is 800. The zero-order valence-corrected chi connectivity index (χ0v) is 16.6. The van der Waals surface area contributed by atoms with E-state index in [9.17, 15) is 4.79 Å². The number of hydrogen-bond donors (Lipinski definition) is 0. The summed E-state index contributed by atoms with van der Waals surface area (Å²) in [5.41, 5.74) is 3.79. The van der Waals surface area contributed by atoms with E-state index in [1.807, 2.05) is 43.5 Å². The molecule has 0 aliphatic carbocycles. The second-order valence-electron chi connectivity index (χ2n) is 7.86. The average molecular weight is 380 g/mol. The maximum absolute atomic E-state index is 13.4. The van der Waals surface area contributed by atoms with Crippen LogP contribution in [0.4, 0.5) is 0 Å². The van der Waals surface area contributed by atoms with Crippen LogP contribution in [0, 0.1) is 6.92 Å². The van der Waals surface area contributed by atoms with Crippen LogP contribution in [0.2, 0.25) is 0 Å². The maximum Gasteiger partial charge on any atom is 0.254 e. The topological polar surface area (TPSA) is 45.7 Å². The lowest BCUT2D eigenvalue weighted by atomic mass is 9.99. The third kappa shape index (κ3) is 4.42. The highest BCUT2D eigenvalue weighted by atomic mass is 16.5. The summed E-state index contributed by atoms with van der Waals surface area (Å²) < 4.78 is 5.47. The summed E-state index contributed by atoms with van der Waals surface area (Å²) in [5, 5.41) is 0. The first-order valence-electron chi connectivity index (χ1n) is 10.3. The van der Waals surface area contributed by atoms with Gasteiger partial charge in [0.1, 0.15) is 0 Å². The van der Waals surface area contributed by atoms with Crippen molar-refractivity contribution in [2.75, 3.05) is 39.4 Å². The number of aryl methyl sites for hydroxylation is 1. The van der Waals surface area contributed by atoms with E-state index in [2.05, 4.69) is 20.9 Å². The molecule has 28 heavy (non-hydrogen) atoms. The van der Waals surface area contributed by atoms with Crippen LogP contribution in [-0.2, 0) is 4.74 Å². The molecule has 2 saturated heterocycles. The lowest BCUT2D eigenvalue weighted by Crippen LogP contribution is -2.51. The molecule has 0 radical (unpaired) electrons. The molecule has 0 spiro atoms. The number of hydrogen-bond acceptors (Lipinski definition) is 4. The molecule has 1 aromatic heterocycles. The van der Waals surface area contributed by atoms with Crippen molar-refractivity contribution < 1.29 is 9.53 Å². The molecule has 0 saturated carbocycles. The smallest absolute Gasteiger partial charge is 0.254 e. The number of carbonyl (C=O) groups is 1. The van der Waals surface area contributed by atoms with Gasteiger partial charge in [0.25, 0.3) is 5.91 Å². The summed E-state index contributed by atoms with van der Waals surface area (Å²) in [6, 6.07) is 12.3. The van der Waals surface area contributed by atoms with Crippen LogP contribution < -0.4 is 0 Å². The summed E-state index contributed by atoms with van der Waals surface area (Å²) in [7, 11) is 0. The molecule has 1 atom stereocenters. The fourth-order valence-electron chi connectivity index (χ4n) is 4.16. The number of benzene rings is 1. The number of aromatic nitrogens is 1. The summed E-state index contributed by atoms with van der Waals surface area (Å²) in [5.74, 6) is 0.145. The van der Waals surface area contributed by atoms with E-state index in [4.69, 9.17) is 4.74 Å². The summed E-state index contributed by atoms with van der Waals surface area (Å²) >= 11 is 0. The van der Waals surface area contributed by atoms with Gasteiger partial charge in [-0.2, -0.15) is 0 Å². The quantitative estimate of drug-likeness (QED) is 0.817. The molecule has 2 aromatic rings. The number of piperidine rings is 1. The van der Waals surface area contributed by atoms with Gasteiger partial charge in [-0.3, -0.25) is 14.7 Å². The predicted molar refractivity (Wildman–Crippen MR) is 110 cm³/mol. The van der Waals surface area contributed by atoms with Gasteiger partial charge in [0.15, 0.2) is 0 Å². The van der Waals surface area contributed by atoms with Crippen LogP contribution in [0.25, 0.3) is 11.3 Å². The Morgan fingerprint density at radius 3 is 2.79 bits per heavy atom. The van der Waals surface area contributed by atoms with Crippen LogP contribution in [0.5, 0.6) is 0 Å². The summed E-state index contributed by atoms with van der Waals surface area (Å²) in [6.07, 6.45) is 5.24. The molecule has 3 heterocycles. The van der Waals surface area contributed by atoms with Gasteiger partial charge in [0.05, 0.1) is 18.9 Å². The van der Waals surface area contributed by atoms with E-state index >= 15 is 0 Å². The van der Waals surface area contributed by atoms with E-state index in [1.165, 1.54) is 6.42 Å². The van der Waals surface area contributed by atoms with Gasteiger partial charge in [-0.25, -0.2) is 0 Å². The maximum atomic E-state index is 13.4. The lowest BCUT2D eigenvalue weighted by Gasteiger charge is -2.39. The number of likely N-dealkylation sites (tertiary alicyclic amines) is 1. The molecule has 1 aromatic carbocycles. The van der Waals surface area contributed by atoms with E-state index in [-0.39, 0.29) is 5.91 Å². The highest BCUT2D eigenvalue weighted by molar-refractivity contribution is 5.95. The molecule has 2 fully saturated rings. The fraction of sp³-hybridized carbons (Fsp3) is 0.478. The zero-order chi connectivity index (χ0) is 19.3. The molecule has 1 amide bonds. The van der Waals surface area contributed by atoms with Gasteiger partial charge in [-0.1, -0.05) is 18.2 Å². The van der Waals surface area contributed by atoms with Crippen LogP contribution in [-0.4, -0.2) is 66.1 Å². The van der Waals surface area contributed by atoms with Crippen molar-refractivity contribution in [3.05, 3.63) is 53.7 Å². The van der Waals surface area contributed by atoms with Crippen molar-refractivity contribution in [2.24, 2.45) is 0 Å². The highest BCUT2D eigenvalue weighted by Crippen LogP contribution is 2.24. The summed E-state index contributed by atoms with van der Waals surface area (Å²) in [6.45, 7) is 7.36. The third-order valence-electron chi connectivity index (χ3n) is 5.78. The number of carbonyl (C=O) groups excluding carboxylic acids is 1. The highest BCUT2D eigenvalue weighted by Gasteiger charge is 2.29. The zero-order valence-electron chi connectivity index (χ0n) is 16.6. The Morgan fingerprint density at radius 1 is 1.14 bits per heavy atom. The predicted octanol–water partition coefficient (Wildman–Crippen LogP) is 3.38. The summed E-state index contributed by atoms with van der Waals surface area (Å²) in [4.78, 5) is 22.4. The third-order valence-corrected chi connectivity index (χ3v) is 5.78. The number of pyridine rings is 1. The second-order valence-corrected chi connectivity index (χ2v) is 7.86. The van der Waals surface area contributed by atoms with Crippen LogP contribution in [0.3, 0.4) is 0 Å². The minimum atomic E-state index is 0.145. The van der Waals surface area contributed by atoms with Crippen molar-refractivity contribution in [3.8, 4) is 11.3 Å². The van der Waals surface area contributed by atoms with Gasteiger partial charge in [-0.15, -0.1) is 0 Å². The van der Waals surface area contributed by atoms with Crippen LogP contribution in [0.15, 0.2) is 42.6 Å². The van der Waals surface area contributed by atoms with Crippen molar-refractivity contribution in [1.29, 1.82) is 0 Å². The molecule has 148 valence electrons. The van der Waals surface area contributed by atoms with E-state index < -0.39 is 0 Å². The van der Waals surface area contributed by atoms with Crippen molar-refractivity contribution in [3.63, 3.8) is 0 Å². The monoisotopic (exact) mass is 379 g/mol. The molecule has 5 heteroatoms. The molecule has 0 unspecified atom stereocenters. The number of amides is 1. The molecule has 2 aliphatic heterocycles. The minimum Gasteiger partial charge on any atom is -0.379 e. The molecule has 5 nitrogen and oxygen atoms in total. The first-order chi connectivity index (χ1) is 13.7. The number of nitrogens with zero attached hydrogens (tertiary/aromatic N) is 3. The average Bonchev–Trinajstić information content (AvgIpc) is 2.75. The van der Waals surface area contributed by atoms with Crippen LogP contribution in [0.1, 0.15) is 35.2 Å². The second kappa shape index (κ2) is 8.84. The number of ether oxygens (including phenoxy) is 1. The lowest BCUT2D eigenvalue weighted by molar-refractivity contribution is 0.0166. The molecular weight excluding hydrogens is 350 g/mol. The number of rotatable bonds is 4. The standard InChI is InChI=1S/C23H29N3O2/c1-18-8-9-22(24-16-18)19-5-4-6-20(15-19)23(27)26-10-3-2-7-21(26)17-25-11-13-28-14-12-25/h4-6,8-9,15-16,21H,2-3,7,10-14,17H2,1H3/t21-/m1/s1. The Hall–Kier alpha value is -2.24. The molecule has 0 N–H and O–H groups in total. The molecular formula is C23H29N3O2. The molecule has 4 rings (SSSR count). The largest absolute Gasteiger partial charge is 0.379 e. The Kier molecular flexibility index (Phi) is 6.03. The SMILES string of the molecule is Cc1ccc(-c2cccc(C(=O)N3CCCC[C@@H]3CN3CCOCC3)c2)nc1. The van der Waals surface area contributed by atoms with E-state index in [0.717, 1.165) is 74.6 Å². The number of morpholine rings is 1. The Morgan fingerprint density at radius 2 is 2.00 bits per heavy atom. The van der Waals surface area contributed by atoms with E-state index in [0.29, 0.717) is 6.04 Å². The molecule has 0 bridgehead atoms. The van der Waals surface area contributed by atoms with Gasteiger partial charge < -0.3 is 9.64 Å². The normalized spacial score (nSPS) is 20.9. The Labute approximate surface area is 167 Å². The van der Waals surface area contributed by atoms with E-state index in [1.54, 1.807) is 0 Å². The van der Waals surface area contributed by atoms with Crippen LogP contribution >= 0.6 is 0 Å². The van der Waals surface area contributed by atoms with Gasteiger partial charge in [0.2, 0.25) is 0 Å².